The second-order valence-corrected chi connectivity index (χ2v) is 4.96. The summed E-state index contributed by atoms with van der Waals surface area (Å²) in [4.78, 5) is 12.2. The number of hydrogen-bond acceptors (Lipinski definition) is 5. The minimum absolute atomic E-state index is 0.162. The topological polar surface area (TPSA) is 59.9 Å². The number of nitrogens with zero attached hydrogens (tertiary/aromatic N) is 3. The summed E-state index contributed by atoms with van der Waals surface area (Å²) in [5.74, 6) is 1.19. The van der Waals surface area contributed by atoms with Gasteiger partial charge in [-0.25, -0.2) is 0 Å². The fourth-order valence-corrected chi connectivity index (χ4v) is 2.52. The van der Waals surface area contributed by atoms with Gasteiger partial charge in [0, 0.05) is 6.04 Å². The Morgan fingerprint density at radius 2 is 2.06 bits per heavy atom. The lowest BCUT2D eigenvalue weighted by Gasteiger charge is -2.20. The summed E-state index contributed by atoms with van der Waals surface area (Å²) < 4.78 is 5.25. The van der Waals surface area contributed by atoms with Crippen molar-refractivity contribution >= 4 is 17.5 Å². The van der Waals surface area contributed by atoms with Crippen LogP contribution in [0.1, 0.15) is 39.5 Å². The van der Waals surface area contributed by atoms with Crippen LogP contribution in [0.2, 0.25) is 5.28 Å². The molecule has 1 N–H and O–H groups in total. The molecular formula is C12H19ClN4O. The molecular weight excluding hydrogens is 252 g/mol. The normalized spacial score (nSPS) is 17.7. The molecule has 0 radical (unpaired) electrons. The van der Waals surface area contributed by atoms with Crippen molar-refractivity contribution in [1.29, 1.82) is 0 Å². The standard InChI is InChI=1S/C12H19ClN4O/c1-3-18-12-16-10(13)15-11(17-12)14-8(2)9-6-4-5-7-9/h8-9H,3-7H2,1-2H3,(H,14,15,16,17). The molecule has 1 atom stereocenters. The van der Waals surface area contributed by atoms with Gasteiger partial charge in [-0.1, -0.05) is 12.8 Å². The number of halogens is 1. The summed E-state index contributed by atoms with van der Waals surface area (Å²) in [6, 6.07) is 0.624. The first-order valence-electron chi connectivity index (χ1n) is 6.50. The molecule has 0 aromatic carbocycles. The van der Waals surface area contributed by atoms with Crippen LogP contribution in [0.4, 0.5) is 5.95 Å². The Morgan fingerprint density at radius 3 is 2.72 bits per heavy atom. The molecule has 0 bridgehead atoms. The van der Waals surface area contributed by atoms with Crippen LogP contribution in [0, 0.1) is 5.92 Å². The number of ether oxygens (including phenoxy) is 1. The van der Waals surface area contributed by atoms with Crippen molar-refractivity contribution < 1.29 is 4.74 Å². The minimum Gasteiger partial charge on any atom is -0.464 e. The van der Waals surface area contributed by atoms with E-state index in [1.807, 2.05) is 6.92 Å². The van der Waals surface area contributed by atoms with Crippen LogP contribution >= 0.6 is 11.6 Å². The average Bonchev–Trinajstić information content (AvgIpc) is 2.81. The van der Waals surface area contributed by atoms with Crippen molar-refractivity contribution in [3.8, 4) is 6.01 Å². The maximum Gasteiger partial charge on any atom is 0.322 e. The lowest BCUT2D eigenvalue weighted by Crippen LogP contribution is -2.25. The molecule has 18 heavy (non-hydrogen) atoms. The van der Waals surface area contributed by atoms with E-state index in [-0.39, 0.29) is 11.3 Å². The van der Waals surface area contributed by atoms with Gasteiger partial charge >= 0.3 is 6.01 Å². The van der Waals surface area contributed by atoms with E-state index < -0.39 is 0 Å². The fourth-order valence-electron chi connectivity index (χ4n) is 2.37. The van der Waals surface area contributed by atoms with Crippen LogP contribution in [-0.2, 0) is 0 Å². The maximum absolute atomic E-state index is 5.85. The van der Waals surface area contributed by atoms with Crippen LogP contribution < -0.4 is 10.1 Å². The van der Waals surface area contributed by atoms with Gasteiger partial charge < -0.3 is 10.1 Å². The highest BCUT2D eigenvalue weighted by Crippen LogP contribution is 2.28. The zero-order chi connectivity index (χ0) is 13.0. The predicted molar refractivity (Wildman–Crippen MR) is 71.0 cm³/mol. The summed E-state index contributed by atoms with van der Waals surface area (Å²) in [7, 11) is 0. The largest absolute Gasteiger partial charge is 0.464 e. The summed E-state index contributed by atoms with van der Waals surface area (Å²) in [5, 5.41) is 3.46. The number of hydrogen-bond donors (Lipinski definition) is 1. The summed E-state index contributed by atoms with van der Waals surface area (Å²) in [6.07, 6.45) is 5.17. The quantitative estimate of drug-likeness (QED) is 0.891. The highest BCUT2D eigenvalue weighted by molar-refractivity contribution is 6.28. The van der Waals surface area contributed by atoms with Gasteiger partial charge in [0.2, 0.25) is 11.2 Å². The van der Waals surface area contributed by atoms with Gasteiger partial charge in [-0.3, -0.25) is 0 Å². The molecule has 1 aliphatic rings. The Bertz CT molecular complexity index is 396. The molecule has 1 heterocycles. The highest BCUT2D eigenvalue weighted by Gasteiger charge is 2.22. The zero-order valence-electron chi connectivity index (χ0n) is 10.8. The zero-order valence-corrected chi connectivity index (χ0v) is 11.6. The summed E-state index contributed by atoms with van der Waals surface area (Å²) >= 11 is 5.85. The van der Waals surface area contributed by atoms with Crippen molar-refractivity contribution in [1.82, 2.24) is 15.0 Å². The van der Waals surface area contributed by atoms with Gasteiger partial charge in [-0.05, 0) is 44.2 Å². The van der Waals surface area contributed by atoms with Crippen LogP contribution in [0.3, 0.4) is 0 Å². The van der Waals surface area contributed by atoms with Gasteiger partial charge in [-0.15, -0.1) is 0 Å². The van der Waals surface area contributed by atoms with Crippen molar-refractivity contribution in [3.63, 3.8) is 0 Å². The van der Waals surface area contributed by atoms with E-state index in [1.54, 1.807) is 0 Å². The van der Waals surface area contributed by atoms with Gasteiger partial charge in [-0.2, -0.15) is 15.0 Å². The monoisotopic (exact) mass is 270 g/mol. The summed E-state index contributed by atoms with van der Waals surface area (Å²) in [6.45, 7) is 4.55. The van der Waals surface area contributed by atoms with Crippen LogP contribution in [0.5, 0.6) is 6.01 Å². The molecule has 1 aliphatic carbocycles. The average molecular weight is 271 g/mol. The Balaban J connectivity index is 2.03. The first kappa shape index (κ1) is 13.3. The third kappa shape index (κ3) is 3.45. The van der Waals surface area contributed by atoms with Crippen LogP contribution in [0.15, 0.2) is 0 Å². The molecule has 1 aromatic heterocycles. The van der Waals surface area contributed by atoms with Crippen molar-refractivity contribution in [3.05, 3.63) is 5.28 Å². The van der Waals surface area contributed by atoms with Crippen molar-refractivity contribution in [2.45, 2.75) is 45.6 Å². The van der Waals surface area contributed by atoms with E-state index in [1.165, 1.54) is 25.7 Å². The molecule has 6 heteroatoms. The van der Waals surface area contributed by atoms with Gasteiger partial charge in [0.1, 0.15) is 0 Å². The van der Waals surface area contributed by atoms with E-state index in [9.17, 15) is 0 Å². The van der Waals surface area contributed by atoms with E-state index in [0.717, 1.165) is 0 Å². The van der Waals surface area contributed by atoms with Crippen molar-refractivity contribution in [2.75, 3.05) is 11.9 Å². The molecule has 1 fully saturated rings. The number of nitrogens with one attached hydrogen (secondary N) is 1. The SMILES string of the molecule is CCOc1nc(Cl)nc(NC(C)C2CCCC2)n1. The van der Waals surface area contributed by atoms with E-state index in [0.29, 0.717) is 24.5 Å². The lowest BCUT2D eigenvalue weighted by molar-refractivity contribution is 0.311. The van der Waals surface area contributed by atoms with E-state index >= 15 is 0 Å². The summed E-state index contributed by atoms with van der Waals surface area (Å²) in [5.41, 5.74) is 0. The van der Waals surface area contributed by atoms with Gasteiger partial charge in [0.15, 0.2) is 0 Å². The van der Waals surface area contributed by atoms with Crippen LogP contribution in [0.25, 0.3) is 0 Å². The molecule has 1 unspecified atom stereocenters. The lowest BCUT2D eigenvalue weighted by atomic mass is 10.0. The molecule has 2 rings (SSSR count). The molecule has 0 amide bonds. The van der Waals surface area contributed by atoms with Crippen molar-refractivity contribution in [2.24, 2.45) is 5.92 Å². The second kappa shape index (κ2) is 6.18. The molecule has 0 spiro atoms. The Kier molecular flexibility index (Phi) is 4.58. The fraction of sp³-hybridized carbons (Fsp3) is 0.750. The van der Waals surface area contributed by atoms with Crippen LogP contribution in [-0.4, -0.2) is 27.6 Å². The molecule has 1 aromatic rings. The number of anilines is 1. The smallest absolute Gasteiger partial charge is 0.322 e. The first-order valence-corrected chi connectivity index (χ1v) is 6.87. The number of aromatic nitrogens is 3. The predicted octanol–water partition coefficient (Wildman–Crippen LogP) is 2.91. The maximum atomic E-state index is 5.85. The molecule has 0 aliphatic heterocycles. The molecule has 100 valence electrons. The van der Waals surface area contributed by atoms with E-state index in [4.69, 9.17) is 16.3 Å². The van der Waals surface area contributed by atoms with Gasteiger partial charge in [0.25, 0.3) is 0 Å². The Morgan fingerprint density at radius 1 is 1.33 bits per heavy atom. The van der Waals surface area contributed by atoms with Gasteiger partial charge in [0.05, 0.1) is 6.61 Å². The van der Waals surface area contributed by atoms with E-state index in [2.05, 4.69) is 27.2 Å². The number of rotatable bonds is 5. The third-order valence-electron chi connectivity index (χ3n) is 3.32. The first-order chi connectivity index (χ1) is 8.69. The minimum atomic E-state index is 0.162. The molecule has 5 nitrogen and oxygen atoms in total. The Labute approximate surface area is 112 Å². The Hall–Kier alpha value is -1.10. The second-order valence-electron chi connectivity index (χ2n) is 4.62. The molecule has 1 saturated carbocycles. The third-order valence-corrected chi connectivity index (χ3v) is 3.49. The molecule has 0 saturated heterocycles. The highest BCUT2D eigenvalue weighted by atomic mass is 35.5.